The highest BCUT2D eigenvalue weighted by molar-refractivity contribution is 7.11. The molecule has 0 amide bonds. The molecule has 0 spiro atoms. The van der Waals surface area contributed by atoms with Gasteiger partial charge in [0, 0.05) is 11.4 Å². The minimum absolute atomic E-state index is 0.326. The number of hydrogen-bond donors (Lipinski definition) is 1. The van der Waals surface area contributed by atoms with Crippen molar-refractivity contribution in [1.29, 1.82) is 0 Å². The van der Waals surface area contributed by atoms with Crippen molar-refractivity contribution in [2.45, 2.75) is 39.2 Å². The van der Waals surface area contributed by atoms with Gasteiger partial charge in [0.1, 0.15) is 5.01 Å². The molecular formula is C14H22N2OS. The van der Waals surface area contributed by atoms with E-state index in [-0.39, 0.29) is 0 Å². The van der Waals surface area contributed by atoms with Gasteiger partial charge in [-0.2, -0.15) is 0 Å². The Labute approximate surface area is 113 Å². The molecule has 18 heavy (non-hydrogen) atoms. The van der Waals surface area contributed by atoms with E-state index in [2.05, 4.69) is 19.2 Å². The van der Waals surface area contributed by atoms with Crippen LogP contribution >= 0.6 is 11.3 Å². The predicted octanol–water partition coefficient (Wildman–Crippen LogP) is 2.56. The Balaban J connectivity index is 1.76. The molecule has 1 aliphatic carbocycles. The first kappa shape index (κ1) is 12.6. The quantitative estimate of drug-likeness (QED) is 0.893. The molecule has 1 fully saturated rings. The molecule has 1 aromatic heterocycles. The molecule has 2 aliphatic rings. The molecule has 1 saturated heterocycles. The topological polar surface area (TPSA) is 34.1 Å². The van der Waals surface area contributed by atoms with Gasteiger partial charge < -0.3 is 10.1 Å². The monoisotopic (exact) mass is 266 g/mol. The van der Waals surface area contributed by atoms with E-state index in [0.717, 1.165) is 31.6 Å². The fourth-order valence-electron chi connectivity index (χ4n) is 2.86. The summed E-state index contributed by atoms with van der Waals surface area (Å²) in [5.41, 5.74) is 1.36. The normalized spacial score (nSPS) is 28.4. The van der Waals surface area contributed by atoms with Crippen LogP contribution < -0.4 is 5.32 Å². The van der Waals surface area contributed by atoms with Crippen LogP contribution in [0.3, 0.4) is 0 Å². The summed E-state index contributed by atoms with van der Waals surface area (Å²) in [6.45, 7) is 7.24. The summed E-state index contributed by atoms with van der Waals surface area (Å²) in [5, 5.41) is 4.74. The van der Waals surface area contributed by atoms with Crippen molar-refractivity contribution in [2.75, 3.05) is 19.8 Å². The van der Waals surface area contributed by atoms with Gasteiger partial charge in [0.05, 0.1) is 24.9 Å². The number of nitrogens with zero attached hydrogens (tertiary/aromatic N) is 1. The molecule has 0 radical (unpaired) electrons. The van der Waals surface area contributed by atoms with Crippen LogP contribution in [0.2, 0.25) is 0 Å². The van der Waals surface area contributed by atoms with Crippen LogP contribution in [0.15, 0.2) is 0 Å². The number of rotatable bonds is 2. The Hall–Kier alpha value is -0.450. The van der Waals surface area contributed by atoms with Crippen LogP contribution in [-0.2, 0) is 17.6 Å². The highest BCUT2D eigenvalue weighted by Crippen LogP contribution is 2.35. The van der Waals surface area contributed by atoms with E-state index in [1.165, 1.54) is 34.8 Å². The van der Waals surface area contributed by atoms with Gasteiger partial charge in [-0.15, -0.1) is 11.3 Å². The molecule has 2 atom stereocenters. The Morgan fingerprint density at radius 1 is 1.44 bits per heavy atom. The molecule has 100 valence electrons. The maximum absolute atomic E-state index is 5.53. The van der Waals surface area contributed by atoms with Crippen molar-refractivity contribution in [3.05, 3.63) is 15.6 Å². The number of fused-ring (bicyclic) bond motifs is 1. The van der Waals surface area contributed by atoms with E-state index >= 15 is 0 Å². The van der Waals surface area contributed by atoms with E-state index in [1.807, 2.05) is 11.3 Å². The zero-order valence-electron chi connectivity index (χ0n) is 11.2. The lowest BCUT2D eigenvalue weighted by atomic mass is 9.83. The lowest BCUT2D eigenvalue weighted by Crippen LogP contribution is -2.34. The van der Waals surface area contributed by atoms with E-state index in [0.29, 0.717) is 6.04 Å². The Morgan fingerprint density at radius 2 is 2.33 bits per heavy atom. The smallest absolute Gasteiger partial charge is 0.112 e. The van der Waals surface area contributed by atoms with Crippen molar-refractivity contribution >= 4 is 11.3 Å². The molecule has 0 saturated carbocycles. The van der Waals surface area contributed by atoms with Crippen molar-refractivity contribution in [3.63, 3.8) is 0 Å². The van der Waals surface area contributed by atoms with Crippen LogP contribution in [0.1, 0.15) is 41.9 Å². The fraction of sp³-hybridized carbons (Fsp3) is 0.786. The van der Waals surface area contributed by atoms with E-state index in [4.69, 9.17) is 9.72 Å². The summed E-state index contributed by atoms with van der Waals surface area (Å²) in [6, 6.07) is 0.326. The first-order valence-electron chi connectivity index (χ1n) is 7.03. The first-order chi connectivity index (χ1) is 8.74. The van der Waals surface area contributed by atoms with E-state index in [1.54, 1.807) is 0 Å². The van der Waals surface area contributed by atoms with Gasteiger partial charge in [0.25, 0.3) is 0 Å². The number of ether oxygens (including phenoxy) is 1. The molecular weight excluding hydrogens is 244 g/mol. The SMILES string of the molecule is CC(C)C1CCc2nc(C3COCCN3)sc2C1. The molecule has 4 heteroatoms. The summed E-state index contributed by atoms with van der Waals surface area (Å²) in [4.78, 5) is 6.37. The third-order valence-corrected chi connectivity index (χ3v) is 5.39. The standard InChI is InChI=1S/C14H22N2OS/c1-9(2)10-3-4-11-13(7-10)18-14(16-11)12-8-17-6-5-15-12/h9-10,12,15H,3-8H2,1-2H3. The highest BCUT2D eigenvalue weighted by atomic mass is 32.1. The average Bonchev–Trinajstić information content (AvgIpc) is 2.82. The second-order valence-electron chi connectivity index (χ2n) is 5.75. The van der Waals surface area contributed by atoms with Crippen LogP contribution in [0.4, 0.5) is 0 Å². The summed E-state index contributed by atoms with van der Waals surface area (Å²) in [7, 11) is 0. The van der Waals surface area contributed by atoms with Crippen molar-refractivity contribution < 1.29 is 4.74 Å². The highest BCUT2D eigenvalue weighted by Gasteiger charge is 2.27. The average molecular weight is 266 g/mol. The van der Waals surface area contributed by atoms with E-state index < -0.39 is 0 Å². The van der Waals surface area contributed by atoms with Crippen molar-refractivity contribution in [1.82, 2.24) is 10.3 Å². The minimum atomic E-state index is 0.326. The number of hydrogen-bond acceptors (Lipinski definition) is 4. The van der Waals surface area contributed by atoms with Crippen LogP contribution in [0, 0.1) is 11.8 Å². The summed E-state index contributed by atoms with van der Waals surface area (Å²) in [6.07, 6.45) is 3.71. The number of nitrogens with one attached hydrogen (secondary N) is 1. The molecule has 1 N–H and O–H groups in total. The fourth-order valence-corrected chi connectivity index (χ4v) is 4.13. The molecule has 1 aromatic rings. The van der Waals surface area contributed by atoms with Crippen LogP contribution in [0.25, 0.3) is 0 Å². The molecule has 0 bridgehead atoms. The second-order valence-corrected chi connectivity index (χ2v) is 6.87. The van der Waals surface area contributed by atoms with Gasteiger partial charge >= 0.3 is 0 Å². The largest absolute Gasteiger partial charge is 0.378 e. The van der Waals surface area contributed by atoms with Gasteiger partial charge in [-0.3, -0.25) is 0 Å². The maximum Gasteiger partial charge on any atom is 0.112 e. The zero-order valence-corrected chi connectivity index (χ0v) is 12.1. The Morgan fingerprint density at radius 3 is 3.06 bits per heavy atom. The van der Waals surface area contributed by atoms with Gasteiger partial charge in [-0.25, -0.2) is 4.98 Å². The lowest BCUT2D eigenvalue weighted by molar-refractivity contribution is 0.0767. The van der Waals surface area contributed by atoms with Gasteiger partial charge in [-0.1, -0.05) is 13.8 Å². The molecule has 2 unspecified atom stereocenters. The van der Waals surface area contributed by atoms with Crippen LogP contribution in [-0.4, -0.2) is 24.7 Å². The van der Waals surface area contributed by atoms with E-state index in [9.17, 15) is 0 Å². The number of aromatic nitrogens is 1. The first-order valence-corrected chi connectivity index (χ1v) is 7.85. The molecule has 3 nitrogen and oxygen atoms in total. The van der Waals surface area contributed by atoms with Gasteiger partial charge in [0.15, 0.2) is 0 Å². The maximum atomic E-state index is 5.53. The zero-order chi connectivity index (χ0) is 12.5. The predicted molar refractivity (Wildman–Crippen MR) is 74.0 cm³/mol. The Bertz CT molecular complexity index is 410. The molecule has 2 heterocycles. The number of morpholine rings is 1. The summed E-state index contributed by atoms with van der Waals surface area (Å²) < 4.78 is 5.53. The molecule has 3 rings (SSSR count). The Kier molecular flexibility index (Phi) is 3.68. The lowest BCUT2D eigenvalue weighted by Gasteiger charge is -2.24. The summed E-state index contributed by atoms with van der Waals surface area (Å²) in [5.74, 6) is 1.64. The third-order valence-electron chi connectivity index (χ3n) is 4.16. The third kappa shape index (κ3) is 2.46. The molecule has 1 aliphatic heterocycles. The van der Waals surface area contributed by atoms with Crippen LogP contribution in [0.5, 0.6) is 0 Å². The summed E-state index contributed by atoms with van der Waals surface area (Å²) >= 11 is 1.91. The van der Waals surface area contributed by atoms with Crippen molar-refractivity contribution in [3.8, 4) is 0 Å². The minimum Gasteiger partial charge on any atom is -0.378 e. The second kappa shape index (κ2) is 5.27. The number of aryl methyl sites for hydroxylation is 1. The van der Waals surface area contributed by atoms with Gasteiger partial charge in [0.2, 0.25) is 0 Å². The number of thiazole rings is 1. The van der Waals surface area contributed by atoms with Gasteiger partial charge in [-0.05, 0) is 31.1 Å². The van der Waals surface area contributed by atoms with Crippen molar-refractivity contribution in [2.24, 2.45) is 11.8 Å². The molecule has 0 aromatic carbocycles.